The standard InChI is InChI=1S/C22H24ClN5O2/c1-27-7-9-28(10-8-27)22(30)18(11-15-5-3-2-4-6-15)26-21(29)17-12-16-13-20(23)24-14-19(16)25-17/h2-6,12-14,18,25H,7-11H2,1H3,(H,26,29)/t18-/m0/s1. The number of halogens is 1. The molecule has 7 nitrogen and oxygen atoms in total. The van der Waals surface area contributed by atoms with Crippen LogP contribution in [0.2, 0.25) is 5.15 Å². The minimum absolute atomic E-state index is 0.0545. The molecule has 2 amide bonds. The lowest BCUT2D eigenvalue weighted by molar-refractivity contribution is -0.134. The number of nitrogens with zero attached hydrogens (tertiary/aromatic N) is 3. The summed E-state index contributed by atoms with van der Waals surface area (Å²) in [6.45, 7) is 2.97. The maximum absolute atomic E-state index is 13.2. The molecule has 1 saturated heterocycles. The van der Waals surface area contributed by atoms with Crippen LogP contribution in [-0.2, 0) is 11.2 Å². The monoisotopic (exact) mass is 425 g/mol. The first-order valence-electron chi connectivity index (χ1n) is 9.96. The van der Waals surface area contributed by atoms with Crippen LogP contribution in [0, 0.1) is 0 Å². The average molecular weight is 426 g/mol. The number of nitrogens with one attached hydrogen (secondary N) is 2. The van der Waals surface area contributed by atoms with E-state index >= 15 is 0 Å². The zero-order chi connectivity index (χ0) is 21.1. The number of likely N-dealkylation sites (N-methyl/N-ethyl adjacent to an activating group) is 1. The summed E-state index contributed by atoms with van der Waals surface area (Å²) < 4.78 is 0. The molecule has 30 heavy (non-hydrogen) atoms. The fraction of sp³-hybridized carbons (Fsp3) is 0.318. The normalized spacial score (nSPS) is 15.9. The number of amides is 2. The minimum atomic E-state index is -0.642. The zero-order valence-corrected chi connectivity index (χ0v) is 17.5. The molecule has 2 aromatic heterocycles. The van der Waals surface area contributed by atoms with Gasteiger partial charge in [0.05, 0.1) is 11.7 Å². The summed E-state index contributed by atoms with van der Waals surface area (Å²) in [5, 5.41) is 4.10. The van der Waals surface area contributed by atoms with E-state index in [-0.39, 0.29) is 11.8 Å². The Balaban J connectivity index is 1.54. The van der Waals surface area contributed by atoms with Crippen molar-refractivity contribution < 1.29 is 9.59 Å². The molecule has 1 aliphatic rings. The fourth-order valence-electron chi connectivity index (χ4n) is 3.66. The predicted molar refractivity (Wildman–Crippen MR) is 117 cm³/mol. The number of piperazine rings is 1. The molecule has 0 aliphatic carbocycles. The summed E-state index contributed by atoms with van der Waals surface area (Å²) in [5.74, 6) is -0.383. The number of hydrogen-bond acceptors (Lipinski definition) is 4. The second-order valence-corrected chi connectivity index (χ2v) is 8.01. The van der Waals surface area contributed by atoms with Crippen LogP contribution in [0.1, 0.15) is 16.1 Å². The SMILES string of the molecule is CN1CCN(C(=O)[C@H](Cc2ccccc2)NC(=O)c2cc3cc(Cl)ncc3[nH]2)CC1. The summed E-state index contributed by atoms with van der Waals surface area (Å²) in [4.78, 5) is 37.3. The highest BCUT2D eigenvalue weighted by atomic mass is 35.5. The highest BCUT2D eigenvalue weighted by molar-refractivity contribution is 6.30. The van der Waals surface area contributed by atoms with Gasteiger partial charge in [-0.2, -0.15) is 0 Å². The first kappa shape index (κ1) is 20.4. The van der Waals surface area contributed by atoms with Gasteiger partial charge in [-0.3, -0.25) is 9.59 Å². The van der Waals surface area contributed by atoms with Crippen molar-refractivity contribution in [3.8, 4) is 0 Å². The van der Waals surface area contributed by atoms with Crippen molar-refractivity contribution in [3.05, 3.63) is 65.1 Å². The van der Waals surface area contributed by atoms with Gasteiger partial charge in [-0.25, -0.2) is 4.98 Å². The van der Waals surface area contributed by atoms with Crippen LogP contribution >= 0.6 is 11.6 Å². The molecule has 0 spiro atoms. The van der Waals surface area contributed by atoms with E-state index in [1.807, 2.05) is 42.3 Å². The third-order valence-electron chi connectivity index (χ3n) is 5.42. The van der Waals surface area contributed by atoms with Crippen LogP contribution in [0.25, 0.3) is 10.9 Å². The molecule has 3 aromatic rings. The summed E-state index contributed by atoms with van der Waals surface area (Å²) >= 11 is 5.94. The van der Waals surface area contributed by atoms with Crippen LogP contribution in [0.4, 0.5) is 0 Å². The van der Waals surface area contributed by atoms with Gasteiger partial charge in [0.15, 0.2) is 0 Å². The van der Waals surface area contributed by atoms with Crippen molar-refractivity contribution in [2.24, 2.45) is 0 Å². The van der Waals surface area contributed by atoms with Gasteiger partial charge in [-0.15, -0.1) is 0 Å². The fourth-order valence-corrected chi connectivity index (χ4v) is 3.83. The third kappa shape index (κ3) is 4.63. The van der Waals surface area contributed by atoms with Gasteiger partial charge < -0.3 is 20.1 Å². The molecule has 0 saturated carbocycles. The van der Waals surface area contributed by atoms with Gasteiger partial charge in [0.1, 0.15) is 16.9 Å². The van der Waals surface area contributed by atoms with Crippen LogP contribution < -0.4 is 5.32 Å². The Kier molecular flexibility index (Phi) is 6.01. The van der Waals surface area contributed by atoms with Crippen molar-refractivity contribution >= 4 is 34.3 Å². The Bertz CT molecular complexity index is 1040. The second-order valence-electron chi connectivity index (χ2n) is 7.62. The molecule has 8 heteroatoms. The number of fused-ring (bicyclic) bond motifs is 1. The number of benzene rings is 1. The van der Waals surface area contributed by atoms with E-state index in [0.717, 1.165) is 29.6 Å². The molecule has 1 aliphatic heterocycles. The largest absolute Gasteiger partial charge is 0.349 e. The van der Waals surface area contributed by atoms with Gasteiger partial charge in [0.2, 0.25) is 5.91 Å². The van der Waals surface area contributed by atoms with E-state index < -0.39 is 6.04 Å². The number of H-pyrrole nitrogens is 1. The smallest absolute Gasteiger partial charge is 0.268 e. The number of hydrogen-bond donors (Lipinski definition) is 2. The lowest BCUT2D eigenvalue weighted by atomic mass is 10.0. The number of aromatic amines is 1. The van der Waals surface area contributed by atoms with Gasteiger partial charge in [0, 0.05) is 38.0 Å². The van der Waals surface area contributed by atoms with Gasteiger partial charge in [0.25, 0.3) is 5.91 Å². The quantitative estimate of drug-likeness (QED) is 0.615. The Morgan fingerprint density at radius 3 is 2.63 bits per heavy atom. The lowest BCUT2D eigenvalue weighted by Crippen LogP contribution is -2.55. The van der Waals surface area contributed by atoms with Gasteiger partial charge in [-0.1, -0.05) is 41.9 Å². The van der Waals surface area contributed by atoms with E-state index in [1.54, 1.807) is 18.3 Å². The molecule has 3 heterocycles. The number of carbonyl (C=O) groups is 2. The molecule has 1 aromatic carbocycles. The highest BCUT2D eigenvalue weighted by Crippen LogP contribution is 2.18. The van der Waals surface area contributed by atoms with E-state index in [9.17, 15) is 9.59 Å². The van der Waals surface area contributed by atoms with Crippen LogP contribution in [0.5, 0.6) is 0 Å². The first-order valence-corrected chi connectivity index (χ1v) is 10.3. The number of aromatic nitrogens is 2. The predicted octanol–water partition coefficient (Wildman–Crippen LogP) is 2.33. The molecule has 156 valence electrons. The van der Waals surface area contributed by atoms with E-state index in [0.29, 0.717) is 30.4 Å². The molecule has 1 atom stereocenters. The lowest BCUT2D eigenvalue weighted by Gasteiger charge is -2.34. The highest BCUT2D eigenvalue weighted by Gasteiger charge is 2.28. The second kappa shape index (κ2) is 8.85. The third-order valence-corrected chi connectivity index (χ3v) is 5.62. The topological polar surface area (TPSA) is 81.3 Å². The van der Waals surface area contributed by atoms with Crippen LogP contribution in [-0.4, -0.2) is 70.9 Å². The van der Waals surface area contributed by atoms with E-state index in [2.05, 4.69) is 20.2 Å². The average Bonchev–Trinajstić information content (AvgIpc) is 3.17. The van der Waals surface area contributed by atoms with Gasteiger partial charge >= 0.3 is 0 Å². The van der Waals surface area contributed by atoms with Crippen molar-refractivity contribution in [1.82, 2.24) is 25.1 Å². The number of carbonyl (C=O) groups excluding carboxylic acids is 2. The molecule has 0 unspecified atom stereocenters. The number of rotatable bonds is 5. The van der Waals surface area contributed by atoms with Gasteiger partial charge in [-0.05, 0) is 24.7 Å². The number of pyridine rings is 1. The maximum atomic E-state index is 13.2. The molecule has 0 radical (unpaired) electrons. The van der Waals surface area contributed by atoms with Crippen LogP contribution in [0.3, 0.4) is 0 Å². The zero-order valence-electron chi connectivity index (χ0n) is 16.8. The molecule has 2 N–H and O–H groups in total. The van der Waals surface area contributed by atoms with E-state index in [1.165, 1.54) is 0 Å². The molecular formula is C22H24ClN5O2. The van der Waals surface area contributed by atoms with Crippen molar-refractivity contribution in [3.63, 3.8) is 0 Å². The van der Waals surface area contributed by atoms with Crippen molar-refractivity contribution in [1.29, 1.82) is 0 Å². The Morgan fingerprint density at radius 2 is 1.90 bits per heavy atom. The summed E-state index contributed by atoms with van der Waals surface area (Å²) in [5.41, 5.74) is 2.09. The van der Waals surface area contributed by atoms with Crippen LogP contribution in [0.15, 0.2) is 48.7 Å². The minimum Gasteiger partial charge on any atom is -0.349 e. The maximum Gasteiger partial charge on any atom is 0.268 e. The van der Waals surface area contributed by atoms with Crippen molar-refractivity contribution in [2.45, 2.75) is 12.5 Å². The Morgan fingerprint density at radius 1 is 1.17 bits per heavy atom. The summed E-state index contributed by atoms with van der Waals surface area (Å²) in [6, 6.07) is 12.5. The Labute approximate surface area is 180 Å². The summed E-state index contributed by atoms with van der Waals surface area (Å²) in [7, 11) is 2.04. The first-order chi connectivity index (χ1) is 14.5. The van der Waals surface area contributed by atoms with Crippen molar-refractivity contribution in [2.75, 3.05) is 33.2 Å². The molecule has 0 bridgehead atoms. The molecular weight excluding hydrogens is 402 g/mol. The summed E-state index contributed by atoms with van der Waals surface area (Å²) in [6.07, 6.45) is 2.02. The Hall–Kier alpha value is -2.90. The molecule has 1 fully saturated rings. The molecule has 4 rings (SSSR count). The van der Waals surface area contributed by atoms with E-state index in [4.69, 9.17) is 11.6 Å².